The van der Waals surface area contributed by atoms with Crippen molar-refractivity contribution in [3.63, 3.8) is 0 Å². The van der Waals surface area contributed by atoms with Gasteiger partial charge in [0.05, 0.1) is 18.2 Å². The van der Waals surface area contributed by atoms with Gasteiger partial charge in [-0.05, 0) is 43.9 Å². The number of ether oxygens (including phenoxy) is 2. The summed E-state index contributed by atoms with van der Waals surface area (Å²) in [5.74, 6) is 1.91. The van der Waals surface area contributed by atoms with Crippen molar-refractivity contribution in [3.8, 4) is 5.75 Å². The molecule has 6 nitrogen and oxygen atoms in total. The van der Waals surface area contributed by atoms with Crippen molar-refractivity contribution < 1.29 is 14.3 Å². The Morgan fingerprint density at radius 3 is 3.08 bits per heavy atom. The molecule has 1 aromatic rings. The highest BCUT2D eigenvalue weighted by Crippen LogP contribution is 2.42. The van der Waals surface area contributed by atoms with Crippen molar-refractivity contribution in [1.82, 2.24) is 15.2 Å². The lowest BCUT2D eigenvalue weighted by atomic mass is 9.77. The maximum atomic E-state index is 12.6. The lowest BCUT2D eigenvalue weighted by Crippen LogP contribution is -2.41. The predicted molar refractivity (Wildman–Crippen MR) is 93.3 cm³/mol. The first-order valence-electron chi connectivity index (χ1n) is 9.37. The summed E-state index contributed by atoms with van der Waals surface area (Å²) in [7, 11) is 0. The van der Waals surface area contributed by atoms with Gasteiger partial charge < -0.3 is 19.7 Å². The first-order chi connectivity index (χ1) is 12.3. The zero-order valence-electron chi connectivity index (χ0n) is 14.7. The number of carbonyl (C=O) groups is 1. The summed E-state index contributed by atoms with van der Waals surface area (Å²) in [5, 5.41) is 3.08. The minimum atomic E-state index is -0.284. The van der Waals surface area contributed by atoms with Gasteiger partial charge in [0.2, 0.25) is 5.91 Å². The molecular weight excluding hydrogens is 318 g/mol. The largest absolute Gasteiger partial charge is 0.492 e. The average Bonchev–Trinajstić information content (AvgIpc) is 3.20. The lowest BCUT2D eigenvalue weighted by Gasteiger charge is -2.30. The minimum absolute atomic E-state index is 0.210. The van der Waals surface area contributed by atoms with Gasteiger partial charge in [-0.3, -0.25) is 9.78 Å². The Morgan fingerprint density at radius 2 is 2.28 bits per heavy atom. The molecule has 0 radical (unpaired) electrons. The Hall–Kier alpha value is -1.66. The number of aromatic nitrogens is 1. The molecule has 1 aromatic heterocycles. The van der Waals surface area contributed by atoms with Gasteiger partial charge in [-0.15, -0.1) is 0 Å². The van der Waals surface area contributed by atoms with Crippen LogP contribution < -0.4 is 10.1 Å². The topological polar surface area (TPSA) is 63.7 Å². The minimum Gasteiger partial charge on any atom is -0.492 e. The van der Waals surface area contributed by atoms with Crippen LogP contribution in [-0.2, 0) is 9.53 Å². The predicted octanol–water partition coefficient (Wildman–Crippen LogP) is 1.33. The molecule has 0 bridgehead atoms. The van der Waals surface area contributed by atoms with E-state index in [0.29, 0.717) is 19.1 Å². The van der Waals surface area contributed by atoms with E-state index in [1.165, 1.54) is 0 Å². The SMILES string of the molecule is O=C1NC[C@@H](COc2cccnc2)[C@@]12CCN(CC1CCOCC1)C2. The Balaban J connectivity index is 1.37. The van der Waals surface area contributed by atoms with Crippen LogP contribution in [0.1, 0.15) is 19.3 Å². The maximum Gasteiger partial charge on any atom is 0.228 e. The molecule has 0 saturated carbocycles. The van der Waals surface area contributed by atoms with Gasteiger partial charge in [0, 0.05) is 45.0 Å². The van der Waals surface area contributed by atoms with Crippen LogP contribution in [-0.4, -0.2) is 61.8 Å². The summed E-state index contributed by atoms with van der Waals surface area (Å²) in [6, 6.07) is 3.78. The summed E-state index contributed by atoms with van der Waals surface area (Å²) < 4.78 is 11.4. The quantitative estimate of drug-likeness (QED) is 0.872. The van der Waals surface area contributed by atoms with E-state index in [0.717, 1.165) is 57.9 Å². The molecular formula is C19H27N3O3. The molecule has 6 heteroatoms. The molecule has 1 spiro atoms. The van der Waals surface area contributed by atoms with Gasteiger partial charge in [-0.1, -0.05) is 0 Å². The van der Waals surface area contributed by atoms with Gasteiger partial charge in [-0.2, -0.15) is 0 Å². The van der Waals surface area contributed by atoms with E-state index < -0.39 is 0 Å². The third kappa shape index (κ3) is 3.51. The van der Waals surface area contributed by atoms with Crippen LogP contribution in [0.4, 0.5) is 0 Å². The monoisotopic (exact) mass is 345 g/mol. The molecule has 1 N–H and O–H groups in total. The van der Waals surface area contributed by atoms with E-state index in [9.17, 15) is 4.79 Å². The summed E-state index contributed by atoms with van der Waals surface area (Å²) in [6.07, 6.45) is 6.68. The highest BCUT2D eigenvalue weighted by Gasteiger charge is 2.54. The fraction of sp³-hybridized carbons (Fsp3) is 0.684. The fourth-order valence-corrected chi connectivity index (χ4v) is 4.50. The second-order valence-electron chi connectivity index (χ2n) is 7.60. The summed E-state index contributed by atoms with van der Waals surface area (Å²) in [6.45, 7) is 6.00. The van der Waals surface area contributed by atoms with Gasteiger partial charge in [0.25, 0.3) is 0 Å². The number of hydrogen-bond donors (Lipinski definition) is 1. The zero-order chi connectivity index (χ0) is 17.1. The highest BCUT2D eigenvalue weighted by atomic mass is 16.5. The first kappa shape index (κ1) is 16.8. The van der Waals surface area contributed by atoms with E-state index >= 15 is 0 Å². The smallest absolute Gasteiger partial charge is 0.228 e. The van der Waals surface area contributed by atoms with Crippen LogP contribution >= 0.6 is 0 Å². The lowest BCUT2D eigenvalue weighted by molar-refractivity contribution is -0.128. The molecule has 0 aromatic carbocycles. The number of nitrogens with one attached hydrogen (secondary N) is 1. The second-order valence-corrected chi connectivity index (χ2v) is 7.60. The molecule has 3 aliphatic heterocycles. The molecule has 136 valence electrons. The number of carbonyl (C=O) groups excluding carboxylic acids is 1. The Bertz CT molecular complexity index is 591. The van der Waals surface area contributed by atoms with E-state index in [1.54, 1.807) is 12.4 Å². The van der Waals surface area contributed by atoms with Crippen LogP contribution in [0.3, 0.4) is 0 Å². The van der Waals surface area contributed by atoms with Crippen molar-refractivity contribution in [2.24, 2.45) is 17.3 Å². The van der Waals surface area contributed by atoms with E-state index in [4.69, 9.17) is 9.47 Å². The van der Waals surface area contributed by atoms with Crippen LogP contribution in [0.25, 0.3) is 0 Å². The molecule has 2 atom stereocenters. The van der Waals surface area contributed by atoms with Gasteiger partial charge in [0.1, 0.15) is 5.75 Å². The van der Waals surface area contributed by atoms with E-state index in [2.05, 4.69) is 15.2 Å². The third-order valence-electron chi connectivity index (χ3n) is 6.07. The normalized spacial score (nSPS) is 30.7. The van der Waals surface area contributed by atoms with Crippen molar-refractivity contribution in [2.45, 2.75) is 19.3 Å². The molecule has 4 heterocycles. The molecule has 3 fully saturated rings. The zero-order valence-corrected chi connectivity index (χ0v) is 14.7. The number of likely N-dealkylation sites (tertiary alicyclic amines) is 1. The molecule has 0 unspecified atom stereocenters. The third-order valence-corrected chi connectivity index (χ3v) is 6.07. The molecule has 0 aliphatic carbocycles. The van der Waals surface area contributed by atoms with Crippen molar-refractivity contribution >= 4 is 5.91 Å². The van der Waals surface area contributed by atoms with Gasteiger partial charge in [-0.25, -0.2) is 0 Å². The Kier molecular flexibility index (Phi) is 4.90. The molecule has 4 rings (SSSR count). The average molecular weight is 345 g/mol. The molecule has 3 saturated heterocycles. The maximum absolute atomic E-state index is 12.6. The summed E-state index contributed by atoms with van der Waals surface area (Å²) in [5.41, 5.74) is -0.284. The van der Waals surface area contributed by atoms with E-state index in [-0.39, 0.29) is 17.2 Å². The van der Waals surface area contributed by atoms with Crippen LogP contribution in [0, 0.1) is 17.3 Å². The molecule has 25 heavy (non-hydrogen) atoms. The number of rotatable bonds is 5. The van der Waals surface area contributed by atoms with Crippen molar-refractivity contribution in [1.29, 1.82) is 0 Å². The van der Waals surface area contributed by atoms with Gasteiger partial charge >= 0.3 is 0 Å². The molecule has 3 aliphatic rings. The standard InChI is InChI=1S/C19H27N3O3/c23-18-19(5-7-22(14-19)12-15-3-8-24-9-4-15)16(10-21-18)13-25-17-2-1-6-20-11-17/h1-2,6,11,15-16H,3-5,7-10,12-14H2,(H,21,23)/t16-,19-/m0/s1. The highest BCUT2D eigenvalue weighted by molar-refractivity contribution is 5.86. The summed E-state index contributed by atoms with van der Waals surface area (Å²) in [4.78, 5) is 19.2. The Morgan fingerprint density at radius 1 is 1.40 bits per heavy atom. The number of hydrogen-bond acceptors (Lipinski definition) is 5. The second kappa shape index (κ2) is 7.30. The number of nitrogens with zero attached hydrogens (tertiary/aromatic N) is 2. The van der Waals surface area contributed by atoms with Crippen LogP contribution in [0.5, 0.6) is 5.75 Å². The van der Waals surface area contributed by atoms with Gasteiger partial charge in [0.15, 0.2) is 0 Å². The first-order valence-corrected chi connectivity index (χ1v) is 9.37. The number of pyridine rings is 1. The summed E-state index contributed by atoms with van der Waals surface area (Å²) >= 11 is 0. The van der Waals surface area contributed by atoms with Crippen molar-refractivity contribution in [2.75, 3.05) is 46.0 Å². The van der Waals surface area contributed by atoms with E-state index in [1.807, 2.05) is 12.1 Å². The number of amides is 1. The van der Waals surface area contributed by atoms with Crippen LogP contribution in [0.15, 0.2) is 24.5 Å². The Labute approximate surface area is 148 Å². The molecule has 1 amide bonds. The fourth-order valence-electron chi connectivity index (χ4n) is 4.50. The van der Waals surface area contributed by atoms with Crippen molar-refractivity contribution in [3.05, 3.63) is 24.5 Å². The van der Waals surface area contributed by atoms with Crippen LogP contribution in [0.2, 0.25) is 0 Å².